The number of amides is 1. The van der Waals surface area contributed by atoms with E-state index in [9.17, 15) is 17.6 Å². The van der Waals surface area contributed by atoms with Gasteiger partial charge in [-0.25, -0.2) is 17.9 Å². The number of nitrogens with two attached hydrogens (primary N) is 1. The van der Waals surface area contributed by atoms with E-state index in [1.807, 2.05) is 0 Å². The number of benzene rings is 2. The molecular weight excluding hydrogens is 359 g/mol. The van der Waals surface area contributed by atoms with Crippen LogP contribution in [0.25, 0.3) is 0 Å². The molecule has 0 atom stereocenters. The zero-order valence-corrected chi connectivity index (χ0v) is 15.0. The van der Waals surface area contributed by atoms with Crippen molar-refractivity contribution in [1.29, 1.82) is 0 Å². The predicted octanol–water partition coefficient (Wildman–Crippen LogP) is 2.54. The first kappa shape index (κ1) is 18.3. The number of methoxy groups -OCH3 is 1. The first-order valence-corrected chi connectivity index (χ1v) is 9.59. The van der Waals surface area contributed by atoms with Gasteiger partial charge in [0.15, 0.2) is 0 Å². The van der Waals surface area contributed by atoms with E-state index < -0.39 is 21.3 Å². The van der Waals surface area contributed by atoms with Crippen LogP contribution < -0.4 is 15.2 Å². The Labute approximate surface area is 151 Å². The van der Waals surface area contributed by atoms with E-state index in [0.29, 0.717) is 18.4 Å². The monoisotopic (exact) mass is 378 g/mol. The summed E-state index contributed by atoms with van der Waals surface area (Å²) >= 11 is 0. The van der Waals surface area contributed by atoms with Gasteiger partial charge in [0, 0.05) is 5.69 Å². The van der Waals surface area contributed by atoms with Crippen LogP contribution in [0.15, 0.2) is 47.4 Å². The highest BCUT2D eigenvalue weighted by Crippen LogP contribution is 2.45. The van der Waals surface area contributed by atoms with Gasteiger partial charge >= 0.3 is 0 Å². The fourth-order valence-electron chi connectivity index (χ4n) is 3.19. The molecule has 0 spiro atoms. The van der Waals surface area contributed by atoms with Gasteiger partial charge in [-0.2, -0.15) is 0 Å². The molecule has 0 aliphatic heterocycles. The van der Waals surface area contributed by atoms with Gasteiger partial charge < -0.3 is 10.1 Å². The molecule has 1 amide bonds. The second-order valence-corrected chi connectivity index (χ2v) is 7.84. The number of halogens is 1. The van der Waals surface area contributed by atoms with Crippen molar-refractivity contribution in [3.8, 4) is 5.75 Å². The summed E-state index contributed by atoms with van der Waals surface area (Å²) in [6.45, 7) is 0. The molecule has 1 fully saturated rings. The lowest BCUT2D eigenvalue weighted by Crippen LogP contribution is -2.46. The maximum atomic E-state index is 13.6. The number of hydrogen-bond acceptors (Lipinski definition) is 4. The number of rotatable bonds is 5. The molecular formula is C18H19FN2O4S. The molecule has 2 aromatic carbocycles. The minimum Gasteiger partial charge on any atom is -0.495 e. The first-order valence-electron chi connectivity index (χ1n) is 8.05. The maximum absolute atomic E-state index is 13.6. The number of carbonyl (C=O) groups is 1. The quantitative estimate of drug-likeness (QED) is 0.835. The summed E-state index contributed by atoms with van der Waals surface area (Å²) in [5.74, 6) is -0.614. The summed E-state index contributed by atoms with van der Waals surface area (Å²) in [6.07, 6.45) is 2.05. The van der Waals surface area contributed by atoms with Crippen LogP contribution in [0.2, 0.25) is 0 Å². The molecule has 0 unspecified atom stereocenters. The minimum atomic E-state index is -4.01. The summed E-state index contributed by atoms with van der Waals surface area (Å²) < 4.78 is 42.0. The summed E-state index contributed by atoms with van der Waals surface area (Å²) in [5, 5.41) is 7.93. The van der Waals surface area contributed by atoms with Crippen LogP contribution in [-0.2, 0) is 20.2 Å². The first-order chi connectivity index (χ1) is 12.3. The molecule has 1 saturated carbocycles. The van der Waals surface area contributed by atoms with Gasteiger partial charge in [0.25, 0.3) is 0 Å². The molecule has 0 saturated heterocycles. The van der Waals surface area contributed by atoms with Crippen LogP contribution in [0.1, 0.15) is 24.8 Å². The molecule has 3 rings (SSSR count). The predicted molar refractivity (Wildman–Crippen MR) is 94.9 cm³/mol. The number of carbonyl (C=O) groups excluding carboxylic acids is 1. The van der Waals surface area contributed by atoms with Gasteiger partial charge in [-0.3, -0.25) is 4.79 Å². The van der Waals surface area contributed by atoms with Gasteiger partial charge in [0.2, 0.25) is 15.9 Å². The normalized spacial score (nSPS) is 15.8. The van der Waals surface area contributed by atoms with Gasteiger partial charge in [-0.05, 0) is 48.7 Å². The summed E-state index contributed by atoms with van der Waals surface area (Å²) in [4.78, 5) is 12.7. The second kappa shape index (κ2) is 6.69. The molecule has 138 valence electrons. The number of ether oxygens (including phenoxy) is 1. The molecule has 1 aliphatic carbocycles. The van der Waals surface area contributed by atoms with Gasteiger partial charge in [-0.15, -0.1) is 0 Å². The molecule has 6 nitrogen and oxygen atoms in total. The molecule has 0 radical (unpaired) electrons. The van der Waals surface area contributed by atoms with Crippen LogP contribution >= 0.6 is 0 Å². The smallest absolute Gasteiger partial charge is 0.241 e. The highest BCUT2D eigenvalue weighted by atomic mass is 32.2. The molecule has 0 aromatic heterocycles. The molecule has 0 heterocycles. The van der Waals surface area contributed by atoms with Crippen molar-refractivity contribution >= 4 is 21.6 Å². The van der Waals surface area contributed by atoms with Crippen LogP contribution in [0.3, 0.4) is 0 Å². The van der Waals surface area contributed by atoms with Crippen LogP contribution in [-0.4, -0.2) is 21.4 Å². The number of primary sulfonamides is 1. The summed E-state index contributed by atoms with van der Waals surface area (Å²) in [7, 11) is -2.69. The lowest BCUT2D eigenvalue weighted by molar-refractivity contribution is -0.124. The highest BCUT2D eigenvalue weighted by Gasteiger charge is 2.45. The zero-order valence-electron chi connectivity index (χ0n) is 14.2. The third-order valence-corrected chi connectivity index (χ3v) is 5.68. The molecule has 2 aromatic rings. The van der Waals surface area contributed by atoms with Crippen LogP contribution in [0.4, 0.5) is 10.1 Å². The van der Waals surface area contributed by atoms with E-state index in [0.717, 1.165) is 6.42 Å². The number of nitrogens with one attached hydrogen (secondary N) is 1. The Hall–Kier alpha value is -2.45. The van der Waals surface area contributed by atoms with Crippen molar-refractivity contribution in [2.75, 3.05) is 12.4 Å². The van der Waals surface area contributed by atoms with E-state index in [-0.39, 0.29) is 22.2 Å². The maximum Gasteiger partial charge on any atom is 0.241 e. The highest BCUT2D eigenvalue weighted by molar-refractivity contribution is 7.89. The minimum absolute atomic E-state index is 0.0917. The van der Waals surface area contributed by atoms with Crippen molar-refractivity contribution in [3.63, 3.8) is 0 Å². The van der Waals surface area contributed by atoms with Crippen molar-refractivity contribution in [1.82, 2.24) is 0 Å². The molecule has 0 bridgehead atoms. The molecule has 3 N–H and O–H groups in total. The van der Waals surface area contributed by atoms with Gasteiger partial charge in [0.1, 0.15) is 16.5 Å². The van der Waals surface area contributed by atoms with Crippen molar-refractivity contribution in [2.45, 2.75) is 29.6 Å². The fraction of sp³-hybridized carbons (Fsp3) is 0.278. The summed E-state index contributed by atoms with van der Waals surface area (Å²) in [6, 6.07) is 10.2. The van der Waals surface area contributed by atoms with E-state index >= 15 is 0 Å². The number of hydrogen-bond donors (Lipinski definition) is 2. The largest absolute Gasteiger partial charge is 0.495 e. The van der Waals surface area contributed by atoms with E-state index in [2.05, 4.69) is 5.32 Å². The third-order valence-electron chi connectivity index (χ3n) is 4.75. The Morgan fingerprint density at radius 3 is 2.50 bits per heavy atom. The summed E-state index contributed by atoms with van der Waals surface area (Å²) in [5.41, 5.74) is 0.0768. The topological polar surface area (TPSA) is 98.5 Å². The molecule has 1 aliphatic rings. The standard InChI is InChI=1S/C18H19FN2O4S/c1-25-15-7-6-14(11-16(15)26(20,23)24)21-17(22)18(8-3-9-18)12-4-2-5-13(19)10-12/h2,4-7,10-11H,3,8-9H2,1H3,(H,21,22)(H2,20,23,24). The molecule has 8 heteroatoms. The number of anilines is 1. The van der Waals surface area contributed by atoms with Crippen molar-refractivity contribution in [3.05, 3.63) is 53.8 Å². The average Bonchev–Trinajstić information content (AvgIpc) is 2.53. The van der Waals surface area contributed by atoms with Crippen molar-refractivity contribution < 1.29 is 22.3 Å². The SMILES string of the molecule is COc1ccc(NC(=O)C2(c3cccc(F)c3)CCC2)cc1S(N)(=O)=O. The van der Waals surface area contributed by atoms with E-state index in [1.165, 1.54) is 37.4 Å². The Morgan fingerprint density at radius 1 is 1.23 bits per heavy atom. The lowest BCUT2D eigenvalue weighted by Gasteiger charge is -2.40. The van der Waals surface area contributed by atoms with Gasteiger partial charge in [-0.1, -0.05) is 18.6 Å². The zero-order chi connectivity index (χ0) is 18.9. The van der Waals surface area contributed by atoms with Gasteiger partial charge in [0.05, 0.1) is 12.5 Å². The number of sulfonamides is 1. The lowest BCUT2D eigenvalue weighted by atomic mass is 9.63. The Kier molecular flexibility index (Phi) is 4.72. The Bertz CT molecular complexity index is 955. The van der Waals surface area contributed by atoms with E-state index in [4.69, 9.17) is 9.88 Å². The fourth-order valence-corrected chi connectivity index (χ4v) is 3.91. The second-order valence-electron chi connectivity index (χ2n) is 6.31. The Balaban J connectivity index is 1.92. The van der Waals surface area contributed by atoms with Crippen LogP contribution in [0.5, 0.6) is 5.75 Å². The average molecular weight is 378 g/mol. The molecule has 26 heavy (non-hydrogen) atoms. The third kappa shape index (κ3) is 3.30. The Morgan fingerprint density at radius 2 is 1.96 bits per heavy atom. The van der Waals surface area contributed by atoms with E-state index in [1.54, 1.807) is 12.1 Å². The van der Waals surface area contributed by atoms with Crippen LogP contribution in [0, 0.1) is 5.82 Å². The van der Waals surface area contributed by atoms with Crippen molar-refractivity contribution in [2.24, 2.45) is 5.14 Å².